The van der Waals surface area contributed by atoms with Gasteiger partial charge in [-0.1, -0.05) is 238 Å². The van der Waals surface area contributed by atoms with Crippen LogP contribution in [0.3, 0.4) is 0 Å². The van der Waals surface area contributed by atoms with Crippen LogP contribution in [0.4, 0.5) is 0 Å². The fourth-order valence-corrected chi connectivity index (χ4v) is 7.65. The van der Waals surface area contributed by atoms with E-state index in [1.54, 1.807) is 11.1 Å². The molecule has 1 rings (SSSR count). The molecule has 0 aliphatic rings. The van der Waals surface area contributed by atoms with Gasteiger partial charge in [0.2, 0.25) is 0 Å². The lowest BCUT2D eigenvalue weighted by molar-refractivity contribution is 0.294. The fourth-order valence-electron chi connectivity index (χ4n) is 7.65. The summed E-state index contributed by atoms with van der Waals surface area (Å²) in [5.74, 6) is 0. The number of hydrogen-bond donors (Lipinski definition) is 1. The highest BCUT2D eigenvalue weighted by Gasteiger charge is 2.31. The number of aryl methyl sites for hydroxylation is 1. The molecule has 0 aliphatic carbocycles. The molecule has 0 unspecified atom stereocenters. The first-order valence-electron chi connectivity index (χ1n) is 21.2. The number of rotatable bonds is 36. The lowest BCUT2D eigenvalue weighted by Crippen LogP contribution is -2.40. The lowest BCUT2D eigenvalue weighted by atomic mass is 9.77. The summed E-state index contributed by atoms with van der Waals surface area (Å²) in [4.78, 5) is 0. The van der Waals surface area contributed by atoms with E-state index < -0.39 is 0 Å². The maximum absolute atomic E-state index is 4.22. The molecule has 0 aromatic heterocycles. The molecular formula is C45H83N. The number of nitrogens with one attached hydrogen (secondary N) is 1. The van der Waals surface area contributed by atoms with Gasteiger partial charge in [-0.25, -0.2) is 0 Å². The summed E-state index contributed by atoms with van der Waals surface area (Å²) in [5.41, 5.74) is 3.21. The lowest BCUT2D eigenvalue weighted by Gasteiger charge is -2.37. The largest absolute Gasteiger partial charge is 0.382 e. The Kier molecular flexibility index (Phi) is 30.1. The molecule has 0 fully saturated rings. The molecule has 0 atom stereocenters. The van der Waals surface area contributed by atoms with Crippen molar-refractivity contribution in [1.29, 1.82) is 0 Å². The zero-order valence-corrected chi connectivity index (χ0v) is 31.9. The van der Waals surface area contributed by atoms with Gasteiger partial charge in [-0.3, -0.25) is 0 Å². The molecule has 0 spiro atoms. The Bertz CT molecular complexity index is 742. The van der Waals surface area contributed by atoms with Gasteiger partial charge in [-0.15, -0.1) is 0 Å². The highest BCUT2D eigenvalue weighted by Crippen LogP contribution is 2.36. The van der Waals surface area contributed by atoms with Crippen LogP contribution in [0.25, 0.3) is 0 Å². The second kappa shape index (κ2) is 32.3. The second-order valence-corrected chi connectivity index (χ2v) is 14.9. The first-order valence-corrected chi connectivity index (χ1v) is 21.2. The van der Waals surface area contributed by atoms with Crippen LogP contribution in [-0.4, -0.2) is 0 Å². The van der Waals surface area contributed by atoms with Crippen LogP contribution >= 0.6 is 0 Å². The Morgan fingerprint density at radius 3 is 1.15 bits per heavy atom. The zero-order chi connectivity index (χ0) is 33.2. The molecule has 0 amide bonds. The molecule has 0 heterocycles. The van der Waals surface area contributed by atoms with Gasteiger partial charge < -0.3 is 5.32 Å². The van der Waals surface area contributed by atoms with Crippen LogP contribution in [-0.2, 0) is 12.0 Å². The van der Waals surface area contributed by atoms with E-state index in [0.29, 0.717) is 0 Å². The van der Waals surface area contributed by atoms with Crippen molar-refractivity contribution < 1.29 is 0 Å². The van der Waals surface area contributed by atoms with Crippen molar-refractivity contribution in [2.45, 2.75) is 238 Å². The van der Waals surface area contributed by atoms with Gasteiger partial charge in [0.05, 0.1) is 5.54 Å². The van der Waals surface area contributed by atoms with E-state index in [2.05, 4.69) is 56.9 Å². The van der Waals surface area contributed by atoms with Crippen molar-refractivity contribution in [2.24, 2.45) is 0 Å². The average molecular weight is 638 g/mol. The topological polar surface area (TPSA) is 12.0 Å². The fraction of sp³-hybridized carbons (Fsp3) is 0.822. The van der Waals surface area contributed by atoms with E-state index >= 15 is 0 Å². The van der Waals surface area contributed by atoms with Crippen molar-refractivity contribution in [3.63, 3.8) is 0 Å². The standard InChI is InChI=1S/C45H83N/c1-5-9-12-15-18-21-24-27-30-33-38-43-39-34-35-40-44(43)45(46-8-4,41-36-31-28-25-22-19-16-13-10-6-2)42-37-32-29-26-23-20-17-14-11-7-3/h8,34-35,39-40,46H,4-7,9-33,36-38,41-42H2,1-3H3. The summed E-state index contributed by atoms with van der Waals surface area (Å²) < 4.78 is 0. The van der Waals surface area contributed by atoms with Gasteiger partial charge in [0.1, 0.15) is 0 Å². The van der Waals surface area contributed by atoms with E-state index in [4.69, 9.17) is 0 Å². The van der Waals surface area contributed by atoms with Gasteiger partial charge in [0.15, 0.2) is 0 Å². The summed E-state index contributed by atoms with van der Waals surface area (Å²) >= 11 is 0. The third-order valence-electron chi connectivity index (χ3n) is 10.6. The van der Waals surface area contributed by atoms with Gasteiger partial charge in [-0.2, -0.15) is 0 Å². The Morgan fingerprint density at radius 2 is 0.783 bits per heavy atom. The van der Waals surface area contributed by atoms with Crippen LogP contribution < -0.4 is 5.32 Å². The maximum atomic E-state index is 4.22. The summed E-state index contributed by atoms with van der Waals surface area (Å²) in [7, 11) is 0. The molecule has 268 valence electrons. The number of benzene rings is 1. The molecule has 1 N–H and O–H groups in total. The number of hydrogen-bond acceptors (Lipinski definition) is 1. The van der Waals surface area contributed by atoms with Gasteiger partial charge in [0, 0.05) is 0 Å². The van der Waals surface area contributed by atoms with Crippen LogP contribution in [0.15, 0.2) is 37.0 Å². The number of unbranched alkanes of at least 4 members (excludes halogenated alkanes) is 27. The molecule has 1 aromatic carbocycles. The Morgan fingerprint density at radius 1 is 0.457 bits per heavy atom. The first-order chi connectivity index (χ1) is 22.7. The van der Waals surface area contributed by atoms with E-state index in [0.717, 1.165) is 0 Å². The van der Waals surface area contributed by atoms with Gasteiger partial charge >= 0.3 is 0 Å². The molecule has 1 aromatic rings. The third kappa shape index (κ3) is 22.4. The minimum absolute atomic E-state index is 0.0388. The predicted molar refractivity (Wildman–Crippen MR) is 210 cm³/mol. The Balaban J connectivity index is 2.69. The molecule has 0 bridgehead atoms. The summed E-state index contributed by atoms with van der Waals surface area (Å²) in [6.45, 7) is 11.2. The molecule has 0 aliphatic heterocycles. The minimum Gasteiger partial charge on any atom is -0.382 e. The Hall–Kier alpha value is -1.24. The van der Waals surface area contributed by atoms with Gasteiger partial charge in [-0.05, 0) is 43.0 Å². The molecule has 0 saturated heterocycles. The minimum atomic E-state index is 0.0388. The van der Waals surface area contributed by atoms with Crippen LogP contribution in [0.1, 0.15) is 237 Å². The van der Waals surface area contributed by atoms with Crippen molar-refractivity contribution in [1.82, 2.24) is 5.32 Å². The molecule has 0 radical (unpaired) electrons. The molecule has 1 heteroatoms. The van der Waals surface area contributed by atoms with E-state index in [1.165, 1.54) is 212 Å². The van der Waals surface area contributed by atoms with Crippen LogP contribution in [0.2, 0.25) is 0 Å². The summed E-state index contributed by atoms with van der Waals surface area (Å²) in [6.07, 6.45) is 47.8. The van der Waals surface area contributed by atoms with E-state index in [1.807, 2.05) is 6.20 Å². The monoisotopic (exact) mass is 638 g/mol. The van der Waals surface area contributed by atoms with Crippen molar-refractivity contribution in [3.05, 3.63) is 48.2 Å². The zero-order valence-electron chi connectivity index (χ0n) is 31.9. The molecule has 0 saturated carbocycles. The predicted octanol–water partition coefficient (Wildman–Crippen LogP) is 15.7. The van der Waals surface area contributed by atoms with E-state index in [-0.39, 0.29) is 5.54 Å². The third-order valence-corrected chi connectivity index (χ3v) is 10.6. The smallest absolute Gasteiger partial charge is 0.0622 e. The molecule has 46 heavy (non-hydrogen) atoms. The average Bonchev–Trinajstić information content (AvgIpc) is 3.07. The summed E-state index contributed by atoms with van der Waals surface area (Å²) in [6, 6.07) is 9.50. The molecule has 1 nitrogen and oxygen atoms in total. The second-order valence-electron chi connectivity index (χ2n) is 14.9. The van der Waals surface area contributed by atoms with Crippen LogP contribution in [0, 0.1) is 0 Å². The maximum Gasteiger partial charge on any atom is 0.0622 e. The quantitative estimate of drug-likeness (QED) is 0.0722. The van der Waals surface area contributed by atoms with E-state index in [9.17, 15) is 0 Å². The van der Waals surface area contributed by atoms with Gasteiger partial charge in [0.25, 0.3) is 0 Å². The van der Waals surface area contributed by atoms with Crippen molar-refractivity contribution >= 4 is 0 Å². The molecular weight excluding hydrogens is 555 g/mol. The normalized spacial score (nSPS) is 11.7. The Labute approximate surface area is 291 Å². The SMILES string of the molecule is C=CNC(CCCCCCCCCCCC)(CCCCCCCCCCCC)c1ccccc1CCCCCCCCCCCC. The summed E-state index contributed by atoms with van der Waals surface area (Å²) in [5, 5.41) is 3.92. The highest BCUT2D eigenvalue weighted by molar-refractivity contribution is 5.34. The first kappa shape index (κ1) is 42.8. The van der Waals surface area contributed by atoms with Crippen molar-refractivity contribution in [2.75, 3.05) is 0 Å². The highest BCUT2D eigenvalue weighted by atomic mass is 15.0. The van der Waals surface area contributed by atoms with Crippen LogP contribution in [0.5, 0.6) is 0 Å². The van der Waals surface area contributed by atoms with Crippen molar-refractivity contribution in [3.8, 4) is 0 Å².